The summed E-state index contributed by atoms with van der Waals surface area (Å²) in [7, 11) is 1.86. The molecule has 0 bridgehead atoms. The lowest BCUT2D eigenvalue weighted by atomic mass is 10.1. The quantitative estimate of drug-likeness (QED) is 0.871. The van der Waals surface area contributed by atoms with Gasteiger partial charge in [-0.3, -0.25) is 9.48 Å². The Kier molecular flexibility index (Phi) is 4.03. The van der Waals surface area contributed by atoms with E-state index >= 15 is 0 Å². The second kappa shape index (κ2) is 5.74. The Morgan fingerprint density at radius 1 is 1.30 bits per heavy atom. The summed E-state index contributed by atoms with van der Waals surface area (Å²) in [6.07, 6.45) is 3.35. The zero-order valence-corrected chi connectivity index (χ0v) is 12.3. The Bertz CT molecular complexity index is 668. The van der Waals surface area contributed by atoms with E-state index in [1.807, 2.05) is 58.2 Å². The molecule has 0 atom stereocenters. The van der Waals surface area contributed by atoms with Crippen molar-refractivity contribution in [3.05, 3.63) is 52.9 Å². The fourth-order valence-corrected chi connectivity index (χ4v) is 2.07. The molecule has 20 heavy (non-hydrogen) atoms. The highest BCUT2D eigenvalue weighted by Crippen LogP contribution is 2.18. The van der Waals surface area contributed by atoms with Gasteiger partial charge in [-0.1, -0.05) is 29.8 Å². The molecule has 0 radical (unpaired) electrons. The Balaban J connectivity index is 2.09. The fourth-order valence-electron chi connectivity index (χ4n) is 2.07. The monoisotopic (exact) mass is 269 g/mol. The summed E-state index contributed by atoms with van der Waals surface area (Å²) in [5.74, 6) is -0.147. The summed E-state index contributed by atoms with van der Waals surface area (Å²) in [6, 6.07) is 8.00. The molecule has 1 amide bonds. The van der Waals surface area contributed by atoms with Crippen LogP contribution in [-0.4, -0.2) is 15.7 Å². The summed E-state index contributed by atoms with van der Waals surface area (Å²) >= 11 is 0. The topological polar surface area (TPSA) is 46.9 Å². The van der Waals surface area contributed by atoms with Crippen molar-refractivity contribution in [2.75, 3.05) is 5.32 Å². The van der Waals surface area contributed by atoms with Gasteiger partial charge in [0, 0.05) is 13.1 Å². The molecule has 4 heteroatoms. The zero-order valence-electron chi connectivity index (χ0n) is 12.3. The van der Waals surface area contributed by atoms with E-state index in [4.69, 9.17) is 0 Å². The summed E-state index contributed by atoms with van der Waals surface area (Å²) in [6.45, 7) is 5.84. The predicted molar refractivity (Wildman–Crippen MR) is 81.5 cm³/mol. The number of anilines is 1. The number of hydrogen-bond donors (Lipinski definition) is 1. The van der Waals surface area contributed by atoms with Gasteiger partial charge in [-0.25, -0.2) is 0 Å². The van der Waals surface area contributed by atoms with Gasteiger partial charge in [0.25, 0.3) is 0 Å². The minimum Gasteiger partial charge on any atom is -0.319 e. The maximum atomic E-state index is 11.9. The largest absolute Gasteiger partial charge is 0.319 e. The number of nitrogens with zero attached hydrogens (tertiary/aromatic N) is 2. The number of carbonyl (C=O) groups excluding carboxylic acids is 1. The Morgan fingerprint density at radius 3 is 2.65 bits per heavy atom. The third-order valence-corrected chi connectivity index (χ3v) is 3.23. The highest BCUT2D eigenvalue weighted by molar-refractivity contribution is 6.02. The molecular formula is C16H19N3O. The number of aryl methyl sites for hydroxylation is 3. The summed E-state index contributed by atoms with van der Waals surface area (Å²) < 4.78 is 1.76. The second-order valence-corrected chi connectivity index (χ2v) is 4.91. The molecule has 0 saturated heterocycles. The van der Waals surface area contributed by atoms with Gasteiger partial charge in [0.1, 0.15) is 0 Å². The molecule has 0 fully saturated rings. The van der Waals surface area contributed by atoms with Crippen molar-refractivity contribution in [1.29, 1.82) is 0 Å². The molecule has 0 unspecified atom stereocenters. The molecule has 104 valence electrons. The number of hydrogen-bond acceptors (Lipinski definition) is 2. The highest BCUT2D eigenvalue weighted by atomic mass is 16.1. The van der Waals surface area contributed by atoms with Crippen LogP contribution in [0.4, 0.5) is 5.69 Å². The number of benzene rings is 1. The van der Waals surface area contributed by atoms with Gasteiger partial charge in [-0.2, -0.15) is 5.10 Å². The number of rotatable bonds is 3. The van der Waals surface area contributed by atoms with Gasteiger partial charge in [0.15, 0.2) is 0 Å². The Labute approximate surface area is 119 Å². The van der Waals surface area contributed by atoms with E-state index in [2.05, 4.69) is 10.4 Å². The van der Waals surface area contributed by atoms with Crippen molar-refractivity contribution in [2.45, 2.75) is 20.8 Å². The molecule has 2 rings (SSSR count). The first-order chi connectivity index (χ1) is 9.47. The van der Waals surface area contributed by atoms with Gasteiger partial charge >= 0.3 is 0 Å². The summed E-state index contributed by atoms with van der Waals surface area (Å²) in [5.41, 5.74) is 4.74. The molecule has 0 aliphatic rings. The molecule has 0 spiro atoms. The van der Waals surface area contributed by atoms with Crippen molar-refractivity contribution >= 4 is 17.7 Å². The van der Waals surface area contributed by atoms with Crippen LogP contribution in [0.25, 0.3) is 6.08 Å². The molecule has 0 saturated carbocycles. The first-order valence-corrected chi connectivity index (χ1v) is 6.53. The third-order valence-electron chi connectivity index (χ3n) is 3.23. The molecule has 1 aromatic heterocycles. The Morgan fingerprint density at radius 2 is 2.05 bits per heavy atom. The minimum absolute atomic E-state index is 0.147. The summed E-state index contributed by atoms with van der Waals surface area (Å²) in [5, 5.41) is 7.15. The lowest BCUT2D eigenvalue weighted by molar-refractivity contribution is -0.111. The normalized spacial score (nSPS) is 11.0. The van der Waals surface area contributed by atoms with Crippen LogP contribution in [-0.2, 0) is 11.8 Å². The highest BCUT2D eigenvalue weighted by Gasteiger charge is 2.10. The van der Waals surface area contributed by atoms with Crippen molar-refractivity contribution in [1.82, 2.24) is 9.78 Å². The molecule has 0 aliphatic carbocycles. The van der Waals surface area contributed by atoms with Gasteiger partial charge in [0.05, 0.1) is 17.1 Å². The molecule has 1 N–H and O–H groups in total. The number of aromatic nitrogens is 2. The van der Waals surface area contributed by atoms with E-state index in [1.54, 1.807) is 10.8 Å². The van der Waals surface area contributed by atoms with Crippen LogP contribution in [0.1, 0.15) is 22.5 Å². The first kappa shape index (κ1) is 14.1. The van der Waals surface area contributed by atoms with Crippen LogP contribution in [0.15, 0.2) is 30.3 Å². The van der Waals surface area contributed by atoms with Crippen LogP contribution >= 0.6 is 0 Å². The van der Waals surface area contributed by atoms with E-state index in [9.17, 15) is 4.79 Å². The van der Waals surface area contributed by atoms with Crippen LogP contribution in [0.3, 0.4) is 0 Å². The zero-order chi connectivity index (χ0) is 14.7. The lowest BCUT2D eigenvalue weighted by Gasteiger charge is -2.02. The molecule has 1 heterocycles. The summed E-state index contributed by atoms with van der Waals surface area (Å²) in [4.78, 5) is 11.9. The van der Waals surface area contributed by atoms with Gasteiger partial charge in [0.2, 0.25) is 5.91 Å². The number of amides is 1. The van der Waals surface area contributed by atoms with Crippen molar-refractivity contribution < 1.29 is 4.79 Å². The van der Waals surface area contributed by atoms with Crippen molar-refractivity contribution in [3.63, 3.8) is 0 Å². The second-order valence-electron chi connectivity index (χ2n) is 4.91. The lowest BCUT2D eigenvalue weighted by Crippen LogP contribution is -2.09. The maximum absolute atomic E-state index is 11.9. The van der Waals surface area contributed by atoms with Crippen LogP contribution in [0, 0.1) is 20.8 Å². The van der Waals surface area contributed by atoms with Gasteiger partial charge in [-0.05, 0) is 32.4 Å². The van der Waals surface area contributed by atoms with Crippen LogP contribution < -0.4 is 5.32 Å². The fraction of sp³-hybridized carbons (Fsp3) is 0.250. The third kappa shape index (κ3) is 3.15. The van der Waals surface area contributed by atoms with E-state index in [1.165, 1.54) is 5.56 Å². The van der Waals surface area contributed by atoms with Crippen LogP contribution in [0.5, 0.6) is 0 Å². The number of nitrogens with one attached hydrogen (secondary N) is 1. The first-order valence-electron chi connectivity index (χ1n) is 6.53. The van der Waals surface area contributed by atoms with E-state index in [0.29, 0.717) is 0 Å². The van der Waals surface area contributed by atoms with Crippen molar-refractivity contribution in [3.8, 4) is 0 Å². The SMILES string of the molecule is Cc1cccc(/C=C/C(=O)Nc2c(C)nn(C)c2C)c1. The van der Waals surface area contributed by atoms with E-state index in [-0.39, 0.29) is 5.91 Å². The van der Waals surface area contributed by atoms with Gasteiger partial charge in [-0.15, -0.1) is 0 Å². The Hall–Kier alpha value is -2.36. The molecule has 0 aliphatic heterocycles. The van der Waals surface area contributed by atoms with Crippen LogP contribution in [0.2, 0.25) is 0 Å². The number of carbonyl (C=O) groups is 1. The van der Waals surface area contributed by atoms with Crippen molar-refractivity contribution in [2.24, 2.45) is 7.05 Å². The standard InChI is InChI=1S/C16H19N3O/c1-11-6-5-7-14(10-11)8-9-15(20)17-16-12(2)18-19(4)13(16)3/h5-10H,1-4H3,(H,17,20)/b9-8+. The van der Waals surface area contributed by atoms with E-state index in [0.717, 1.165) is 22.6 Å². The average Bonchev–Trinajstić information content (AvgIpc) is 2.63. The molecular weight excluding hydrogens is 250 g/mol. The van der Waals surface area contributed by atoms with E-state index < -0.39 is 0 Å². The minimum atomic E-state index is -0.147. The van der Waals surface area contributed by atoms with Gasteiger partial charge < -0.3 is 5.32 Å². The molecule has 4 nitrogen and oxygen atoms in total. The smallest absolute Gasteiger partial charge is 0.248 e. The molecule has 2 aromatic rings. The molecule has 1 aromatic carbocycles. The predicted octanol–water partition coefficient (Wildman–Crippen LogP) is 3.00. The maximum Gasteiger partial charge on any atom is 0.248 e. The average molecular weight is 269 g/mol.